The molecule has 25 heavy (non-hydrogen) atoms. The number of nitrogens with two attached hydrogens (primary N) is 1. The largest absolute Gasteiger partial charge is 0.480 e. The van der Waals surface area contributed by atoms with E-state index in [2.05, 4.69) is 10.6 Å². The number of rotatable bonds is 6. The Labute approximate surface area is 146 Å². The van der Waals surface area contributed by atoms with Gasteiger partial charge < -0.3 is 26.2 Å². The Bertz CT molecular complexity index is 612. The maximum absolute atomic E-state index is 12.4. The molecule has 0 aliphatic carbocycles. The number of anilines is 1. The van der Waals surface area contributed by atoms with Crippen molar-refractivity contribution in [2.24, 2.45) is 11.7 Å². The first-order valence-electron chi connectivity index (χ1n) is 7.85. The molecule has 0 aromatic heterocycles. The molecule has 0 fully saturated rings. The fraction of sp³-hybridized carbons (Fsp3) is 0.471. The van der Waals surface area contributed by atoms with E-state index in [1.54, 1.807) is 51.1 Å². The fourth-order valence-electron chi connectivity index (χ4n) is 2.03. The molecule has 8 nitrogen and oxygen atoms in total. The number of nitrogens with one attached hydrogen (secondary N) is 2. The van der Waals surface area contributed by atoms with E-state index in [-0.39, 0.29) is 0 Å². The number of carboxylic acids is 1. The molecule has 138 valence electrons. The van der Waals surface area contributed by atoms with Crippen molar-refractivity contribution in [1.82, 2.24) is 5.32 Å². The SMILES string of the molecule is CC(C(N)C(=O)O)[C@H](NC(=O)Nc1ccccc1)C(=O)OC(C)(C)C. The van der Waals surface area contributed by atoms with Gasteiger partial charge in [0.2, 0.25) is 0 Å². The number of benzene rings is 1. The second-order valence-electron chi connectivity index (χ2n) is 6.70. The summed E-state index contributed by atoms with van der Waals surface area (Å²) in [5, 5.41) is 14.1. The van der Waals surface area contributed by atoms with Crippen molar-refractivity contribution in [3.8, 4) is 0 Å². The van der Waals surface area contributed by atoms with E-state index in [9.17, 15) is 14.4 Å². The van der Waals surface area contributed by atoms with Gasteiger partial charge in [-0.25, -0.2) is 9.59 Å². The number of para-hydroxylation sites is 1. The minimum atomic E-state index is -1.34. The summed E-state index contributed by atoms with van der Waals surface area (Å²) >= 11 is 0. The average Bonchev–Trinajstić information content (AvgIpc) is 2.50. The summed E-state index contributed by atoms with van der Waals surface area (Å²) in [6.45, 7) is 6.49. The van der Waals surface area contributed by atoms with Crippen molar-refractivity contribution in [3.63, 3.8) is 0 Å². The highest BCUT2D eigenvalue weighted by molar-refractivity contribution is 5.93. The van der Waals surface area contributed by atoms with Crippen LogP contribution in [-0.2, 0) is 14.3 Å². The fourth-order valence-corrected chi connectivity index (χ4v) is 2.03. The molecular weight excluding hydrogens is 326 g/mol. The van der Waals surface area contributed by atoms with Gasteiger partial charge in [-0.05, 0) is 32.9 Å². The summed E-state index contributed by atoms with van der Waals surface area (Å²) in [6.07, 6.45) is 0. The van der Waals surface area contributed by atoms with Gasteiger partial charge in [0.25, 0.3) is 0 Å². The smallest absolute Gasteiger partial charge is 0.329 e. The van der Waals surface area contributed by atoms with Crippen LogP contribution >= 0.6 is 0 Å². The Hall–Kier alpha value is -2.61. The van der Waals surface area contributed by atoms with Gasteiger partial charge in [-0.2, -0.15) is 0 Å². The molecule has 8 heteroatoms. The molecule has 1 aromatic carbocycles. The topological polar surface area (TPSA) is 131 Å². The molecule has 0 heterocycles. The van der Waals surface area contributed by atoms with Gasteiger partial charge in [-0.15, -0.1) is 0 Å². The van der Waals surface area contributed by atoms with Crippen molar-refractivity contribution in [2.75, 3.05) is 5.32 Å². The Morgan fingerprint density at radius 1 is 1.16 bits per heavy atom. The first kappa shape index (κ1) is 20.4. The van der Waals surface area contributed by atoms with Crippen LogP contribution < -0.4 is 16.4 Å². The molecule has 5 N–H and O–H groups in total. The van der Waals surface area contributed by atoms with E-state index in [0.717, 1.165) is 0 Å². The first-order valence-corrected chi connectivity index (χ1v) is 7.85. The van der Waals surface area contributed by atoms with Crippen LogP contribution in [0.15, 0.2) is 30.3 Å². The average molecular weight is 351 g/mol. The number of urea groups is 1. The Kier molecular flexibility index (Phi) is 6.93. The second-order valence-corrected chi connectivity index (χ2v) is 6.70. The molecule has 1 rings (SSSR count). The van der Waals surface area contributed by atoms with Gasteiger partial charge in [-0.3, -0.25) is 4.79 Å². The van der Waals surface area contributed by atoms with Crippen LogP contribution in [0.1, 0.15) is 27.7 Å². The van der Waals surface area contributed by atoms with Gasteiger partial charge in [0.15, 0.2) is 0 Å². The lowest BCUT2D eigenvalue weighted by molar-refractivity contribution is -0.159. The van der Waals surface area contributed by atoms with Crippen molar-refractivity contribution < 1.29 is 24.2 Å². The summed E-state index contributed by atoms with van der Waals surface area (Å²) in [4.78, 5) is 35.7. The molecule has 0 saturated carbocycles. The lowest BCUT2D eigenvalue weighted by Gasteiger charge is -2.29. The number of carbonyl (C=O) groups is 3. The van der Waals surface area contributed by atoms with Crippen LogP contribution in [0, 0.1) is 5.92 Å². The van der Waals surface area contributed by atoms with Crippen LogP contribution in [-0.4, -0.2) is 40.8 Å². The summed E-state index contributed by atoms with van der Waals surface area (Å²) in [7, 11) is 0. The second kappa shape index (κ2) is 8.48. The zero-order valence-corrected chi connectivity index (χ0v) is 14.8. The maximum Gasteiger partial charge on any atom is 0.329 e. The standard InChI is InChI=1S/C17H25N3O5/c1-10(12(18)14(21)22)13(15(23)25-17(2,3)4)20-16(24)19-11-8-6-5-7-9-11/h5-10,12-13H,18H2,1-4H3,(H,21,22)(H2,19,20,24)/t10?,12?,13-/m0/s1. The Morgan fingerprint density at radius 2 is 1.72 bits per heavy atom. The van der Waals surface area contributed by atoms with Crippen molar-refractivity contribution in [3.05, 3.63) is 30.3 Å². The highest BCUT2D eigenvalue weighted by Gasteiger charge is 2.36. The van der Waals surface area contributed by atoms with Gasteiger partial charge in [0.05, 0.1) is 0 Å². The number of carboxylic acid groups (broad SMARTS) is 1. The minimum Gasteiger partial charge on any atom is -0.480 e. The summed E-state index contributed by atoms with van der Waals surface area (Å²) in [5.74, 6) is -2.90. The third kappa shape index (κ3) is 6.80. The zero-order valence-electron chi connectivity index (χ0n) is 14.8. The number of carbonyl (C=O) groups excluding carboxylic acids is 2. The molecule has 2 unspecified atom stereocenters. The lowest BCUT2D eigenvalue weighted by Crippen LogP contribution is -2.55. The predicted octanol–water partition coefficient (Wildman–Crippen LogP) is 1.57. The Balaban J connectivity index is 2.91. The molecule has 0 saturated heterocycles. The molecule has 0 bridgehead atoms. The number of esters is 1. The van der Waals surface area contributed by atoms with Gasteiger partial charge in [0, 0.05) is 11.6 Å². The molecular formula is C17H25N3O5. The minimum absolute atomic E-state index is 0.526. The third-order valence-corrected chi connectivity index (χ3v) is 3.36. The number of amides is 2. The van der Waals surface area contributed by atoms with Crippen molar-refractivity contribution in [1.29, 1.82) is 0 Å². The summed E-state index contributed by atoms with van der Waals surface area (Å²) < 4.78 is 5.27. The molecule has 2 amide bonds. The van der Waals surface area contributed by atoms with E-state index >= 15 is 0 Å². The first-order chi connectivity index (χ1) is 11.5. The van der Waals surface area contributed by atoms with E-state index in [4.69, 9.17) is 15.6 Å². The lowest BCUT2D eigenvalue weighted by atomic mass is 9.94. The normalized spacial score (nSPS) is 14.8. The van der Waals surface area contributed by atoms with Crippen LogP contribution in [0.2, 0.25) is 0 Å². The van der Waals surface area contributed by atoms with E-state index in [1.165, 1.54) is 6.92 Å². The van der Waals surface area contributed by atoms with E-state index < -0.39 is 41.6 Å². The molecule has 1 aromatic rings. The quantitative estimate of drug-likeness (QED) is 0.575. The van der Waals surface area contributed by atoms with Crippen LogP contribution in [0.5, 0.6) is 0 Å². The van der Waals surface area contributed by atoms with Gasteiger partial charge in [0.1, 0.15) is 17.7 Å². The highest BCUT2D eigenvalue weighted by atomic mass is 16.6. The van der Waals surface area contributed by atoms with Crippen LogP contribution in [0.3, 0.4) is 0 Å². The van der Waals surface area contributed by atoms with Crippen LogP contribution in [0.25, 0.3) is 0 Å². The van der Waals surface area contributed by atoms with Crippen molar-refractivity contribution in [2.45, 2.75) is 45.4 Å². The van der Waals surface area contributed by atoms with Gasteiger partial charge >= 0.3 is 18.0 Å². The number of hydrogen-bond acceptors (Lipinski definition) is 5. The molecule has 0 spiro atoms. The highest BCUT2D eigenvalue weighted by Crippen LogP contribution is 2.15. The maximum atomic E-state index is 12.4. The van der Waals surface area contributed by atoms with Crippen molar-refractivity contribution >= 4 is 23.7 Å². The molecule has 0 aliphatic rings. The predicted molar refractivity (Wildman–Crippen MR) is 93.0 cm³/mol. The molecule has 3 atom stereocenters. The summed E-state index contributed by atoms with van der Waals surface area (Å²) in [6, 6.07) is 5.41. The third-order valence-electron chi connectivity index (χ3n) is 3.36. The van der Waals surface area contributed by atoms with E-state index in [1.807, 2.05) is 0 Å². The van der Waals surface area contributed by atoms with E-state index in [0.29, 0.717) is 5.69 Å². The zero-order chi connectivity index (χ0) is 19.2. The molecule has 0 aliphatic heterocycles. The summed E-state index contributed by atoms with van der Waals surface area (Å²) in [5.41, 5.74) is 5.35. The van der Waals surface area contributed by atoms with Crippen LogP contribution in [0.4, 0.5) is 10.5 Å². The monoisotopic (exact) mass is 351 g/mol. The number of aliphatic carboxylic acids is 1. The molecule has 0 radical (unpaired) electrons. The number of hydrogen-bond donors (Lipinski definition) is 4. The number of ether oxygens (including phenoxy) is 1. The van der Waals surface area contributed by atoms with Gasteiger partial charge in [-0.1, -0.05) is 25.1 Å². The Morgan fingerprint density at radius 3 is 2.20 bits per heavy atom.